The number of fused-ring (bicyclic) bond motifs is 7. The van der Waals surface area contributed by atoms with Crippen molar-refractivity contribution in [3.63, 3.8) is 0 Å². The zero-order valence-electron chi connectivity index (χ0n) is 20.2. The summed E-state index contributed by atoms with van der Waals surface area (Å²) in [6, 6.07) is 34.9. The van der Waals surface area contributed by atoms with Gasteiger partial charge in [-0.3, -0.25) is 0 Å². The molecule has 0 radical (unpaired) electrons. The number of benzene rings is 4. The predicted molar refractivity (Wildman–Crippen MR) is 146 cm³/mol. The smallest absolute Gasteiger partial charge is 0.122 e. The van der Waals surface area contributed by atoms with Crippen molar-refractivity contribution in [2.45, 2.75) is 18.8 Å². The van der Waals surface area contributed by atoms with Crippen LogP contribution in [0.3, 0.4) is 0 Å². The monoisotopic (exact) mass is 452 g/mol. The van der Waals surface area contributed by atoms with Gasteiger partial charge in [0.15, 0.2) is 0 Å². The van der Waals surface area contributed by atoms with E-state index < -0.39 is 0 Å². The summed E-state index contributed by atoms with van der Waals surface area (Å²) in [5.74, 6) is 0.931. The van der Waals surface area contributed by atoms with E-state index in [4.69, 9.17) is 4.74 Å². The summed E-state index contributed by atoms with van der Waals surface area (Å²) in [7, 11) is 1.74. The lowest BCUT2D eigenvalue weighted by molar-refractivity contribution is 0.410. The molecule has 0 fully saturated rings. The molecular formula is C34H28O. The Labute approximate surface area is 207 Å². The zero-order valence-corrected chi connectivity index (χ0v) is 20.2. The number of para-hydroxylation sites is 1. The molecule has 1 heteroatoms. The van der Waals surface area contributed by atoms with Gasteiger partial charge in [-0.1, -0.05) is 115 Å². The van der Waals surface area contributed by atoms with E-state index in [-0.39, 0.29) is 5.41 Å². The second-order valence-corrected chi connectivity index (χ2v) is 9.40. The van der Waals surface area contributed by atoms with Gasteiger partial charge in [-0.05, 0) is 69.5 Å². The lowest BCUT2D eigenvalue weighted by Gasteiger charge is -2.31. The topological polar surface area (TPSA) is 9.23 Å². The second kappa shape index (κ2) is 8.29. The van der Waals surface area contributed by atoms with Crippen LogP contribution in [0.4, 0.5) is 0 Å². The molecule has 0 heterocycles. The summed E-state index contributed by atoms with van der Waals surface area (Å²) >= 11 is 0. The quantitative estimate of drug-likeness (QED) is 0.297. The Hall–Kier alpha value is -4.10. The van der Waals surface area contributed by atoms with E-state index in [2.05, 4.69) is 111 Å². The van der Waals surface area contributed by atoms with E-state index >= 15 is 0 Å². The van der Waals surface area contributed by atoms with Gasteiger partial charge < -0.3 is 4.74 Å². The molecule has 1 nitrogen and oxygen atoms in total. The fourth-order valence-electron chi connectivity index (χ4n) is 6.22. The molecule has 0 unspecified atom stereocenters. The van der Waals surface area contributed by atoms with Gasteiger partial charge in [0, 0.05) is 0 Å². The summed E-state index contributed by atoms with van der Waals surface area (Å²) in [5, 5.41) is 0. The minimum atomic E-state index is -0.345. The fourth-order valence-corrected chi connectivity index (χ4v) is 6.22. The van der Waals surface area contributed by atoms with Gasteiger partial charge in [0.25, 0.3) is 0 Å². The maximum absolute atomic E-state index is 5.61. The van der Waals surface area contributed by atoms with Crippen molar-refractivity contribution in [3.05, 3.63) is 155 Å². The Bertz CT molecular complexity index is 1490. The third-order valence-electron chi connectivity index (χ3n) is 7.52. The molecule has 0 aliphatic heterocycles. The molecular weight excluding hydrogens is 424 g/mol. The highest BCUT2D eigenvalue weighted by Gasteiger charge is 2.51. The minimum Gasteiger partial charge on any atom is -0.496 e. The highest BCUT2D eigenvalue weighted by atomic mass is 16.5. The lowest BCUT2D eigenvalue weighted by atomic mass is 9.69. The van der Waals surface area contributed by atoms with Gasteiger partial charge in [-0.15, -0.1) is 0 Å². The summed E-state index contributed by atoms with van der Waals surface area (Å²) in [5.41, 5.74) is 12.6. The molecule has 0 amide bonds. The van der Waals surface area contributed by atoms with Crippen LogP contribution in [0.2, 0.25) is 0 Å². The molecule has 4 aromatic carbocycles. The maximum Gasteiger partial charge on any atom is 0.122 e. The zero-order chi connectivity index (χ0) is 24.0. The molecule has 0 N–H and O–H groups in total. The Morgan fingerprint density at radius 2 is 1.26 bits per heavy atom. The third kappa shape index (κ3) is 3.01. The van der Waals surface area contributed by atoms with E-state index in [1.807, 2.05) is 12.1 Å². The van der Waals surface area contributed by atoms with Crippen molar-refractivity contribution in [2.24, 2.45) is 0 Å². The average Bonchev–Trinajstić information content (AvgIpc) is 3.35. The Balaban J connectivity index is 1.61. The minimum absolute atomic E-state index is 0.345. The second-order valence-electron chi connectivity index (χ2n) is 9.40. The van der Waals surface area contributed by atoms with Crippen molar-refractivity contribution < 1.29 is 4.74 Å². The summed E-state index contributed by atoms with van der Waals surface area (Å²) < 4.78 is 5.61. The van der Waals surface area contributed by atoms with E-state index in [9.17, 15) is 0 Å². The number of ether oxygens (including phenoxy) is 1. The first kappa shape index (κ1) is 21.4. The normalized spacial score (nSPS) is 15.1. The molecule has 4 aromatic rings. The molecule has 0 saturated heterocycles. The number of hydrogen-bond donors (Lipinski definition) is 0. The van der Waals surface area contributed by atoms with E-state index in [0.717, 1.165) is 12.2 Å². The molecule has 2 aliphatic rings. The van der Waals surface area contributed by atoms with Crippen molar-refractivity contribution in [2.75, 3.05) is 7.11 Å². The number of rotatable bonds is 5. The van der Waals surface area contributed by atoms with Crippen LogP contribution in [0.25, 0.3) is 16.7 Å². The van der Waals surface area contributed by atoms with Crippen molar-refractivity contribution in [1.82, 2.24) is 0 Å². The average molecular weight is 453 g/mol. The van der Waals surface area contributed by atoms with Gasteiger partial charge in [0.05, 0.1) is 12.5 Å². The predicted octanol–water partition coefficient (Wildman–Crippen LogP) is 8.15. The Morgan fingerprint density at radius 3 is 1.86 bits per heavy atom. The summed E-state index contributed by atoms with van der Waals surface area (Å²) in [4.78, 5) is 0. The van der Waals surface area contributed by atoms with Crippen LogP contribution in [-0.4, -0.2) is 7.11 Å². The Morgan fingerprint density at radius 1 is 0.743 bits per heavy atom. The van der Waals surface area contributed by atoms with Crippen LogP contribution in [0.1, 0.15) is 34.7 Å². The van der Waals surface area contributed by atoms with Crippen molar-refractivity contribution in [1.29, 1.82) is 0 Å². The summed E-state index contributed by atoms with van der Waals surface area (Å²) in [6.07, 6.45) is 5.28. The number of allylic oxidation sites excluding steroid dienone is 5. The van der Waals surface area contributed by atoms with Gasteiger partial charge >= 0.3 is 0 Å². The highest BCUT2D eigenvalue weighted by Crippen LogP contribution is 2.62. The number of methoxy groups -OCH3 is 1. The van der Waals surface area contributed by atoms with Crippen LogP contribution >= 0.6 is 0 Å². The first-order valence-electron chi connectivity index (χ1n) is 12.2. The van der Waals surface area contributed by atoms with Gasteiger partial charge in [0.2, 0.25) is 0 Å². The van der Waals surface area contributed by atoms with E-state index in [0.29, 0.717) is 0 Å². The van der Waals surface area contributed by atoms with E-state index in [1.165, 1.54) is 55.7 Å². The fraction of sp³-hybridized carbons (Fsp3) is 0.118. The van der Waals surface area contributed by atoms with Crippen LogP contribution in [-0.2, 0) is 11.8 Å². The molecule has 0 bridgehead atoms. The van der Waals surface area contributed by atoms with Crippen LogP contribution in [0, 0.1) is 0 Å². The molecule has 170 valence electrons. The first-order valence-corrected chi connectivity index (χ1v) is 12.2. The van der Waals surface area contributed by atoms with Crippen molar-refractivity contribution >= 4 is 5.57 Å². The molecule has 0 aromatic heterocycles. The molecule has 2 aliphatic carbocycles. The molecule has 0 saturated carbocycles. The third-order valence-corrected chi connectivity index (χ3v) is 7.52. The summed E-state index contributed by atoms with van der Waals surface area (Å²) in [6.45, 7) is 6.56. The number of hydrogen-bond acceptors (Lipinski definition) is 1. The van der Waals surface area contributed by atoms with Crippen molar-refractivity contribution in [3.8, 4) is 16.9 Å². The van der Waals surface area contributed by atoms with Crippen LogP contribution in [0.5, 0.6) is 5.75 Å². The van der Waals surface area contributed by atoms with Crippen LogP contribution < -0.4 is 4.74 Å². The molecule has 1 spiro atoms. The molecule has 35 heavy (non-hydrogen) atoms. The SMILES string of the molecule is C=CC1=C(/C=C(\C)Cc2ccccc2OC)c2ccccc2C12c1ccccc1-c1ccccc12. The first-order chi connectivity index (χ1) is 17.2. The van der Waals surface area contributed by atoms with E-state index in [1.54, 1.807) is 7.11 Å². The van der Waals surface area contributed by atoms with Gasteiger partial charge in [0.1, 0.15) is 5.75 Å². The van der Waals surface area contributed by atoms with Gasteiger partial charge in [-0.2, -0.15) is 0 Å². The molecule has 6 rings (SSSR count). The highest BCUT2D eigenvalue weighted by molar-refractivity contribution is 5.97. The lowest BCUT2D eigenvalue weighted by Crippen LogP contribution is -2.26. The van der Waals surface area contributed by atoms with Gasteiger partial charge in [-0.25, -0.2) is 0 Å². The Kier molecular flexibility index (Phi) is 5.07. The maximum atomic E-state index is 5.61. The van der Waals surface area contributed by atoms with Crippen LogP contribution in [0.15, 0.2) is 127 Å². The molecule has 0 atom stereocenters. The largest absolute Gasteiger partial charge is 0.496 e. The standard InChI is InChI=1S/C34H28O/c1-4-29-28(22-23(2)21-24-13-5-12-20-33(24)35-3)27-16-8-11-19-32(27)34(29)30-17-9-6-14-25(30)26-15-7-10-18-31(26)34/h4-20,22H,1,21H2,2-3H3/b23-22+.